The van der Waals surface area contributed by atoms with Crippen molar-refractivity contribution < 1.29 is 14.3 Å². The van der Waals surface area contributed by atoms with Crippen LogP contribution in [0.1, 0.15) is 30.4 Å². The van der Waals surface area contributed by atoms with Gasteiger partial charge in [-0.3, -0.25) is 9.59 Å². The van der Waals surface area contributed by atoms with Gasteiger partial charge in [0.1, 0.15) is 5.75 Å². The summed E-state index contributed by atoms with van der Waals surface area (Å²) in [5, 5.41) is 2.94. The van der Waals surface area contributed by atoms with Crippen LogP contribution in [0.3, 0.4) is 0 Å². The molecule has 0 unspecified atom stereocenters. The molecule has 0 radical (unpaired) electrons. The Morgan fingerprint density at radius 1 is 1.15 bits per heavy atom. The number of nitrogens with one attached hydrogen (secondary N) is 1. The van der Waals surface area contributed by atoms with Crippen LogP contribution in [0.2, 0.25) is 0 Å². The average Bonchev–Trinajstić information content (AvgIpc) is 3.11. The second-order valence-corrected chi connectivity index (χ2v) is 6.40. The van der Waals surface area contributed by atoms with E-state index < -0.39 is 0 Å². The van der Waals surface area contributed by atoms with E-state index in [1.807, 2.05) is 53.4 Å². The number of hydrogen-bond donors (Lipinski definition) is 1. The topological polar surface area (TPSA) is 58.6 Å². The first-order valence-corrected chi connectivity index (χ1v) is 8.95. The Labute approximate surface area is 154 Å². The lowest BCUT2D eigenvalue weighted by Gasteiger charge is -2.16. The Hall–Kier alpha value is -2.82. The highest BCUT2D eigenvalue weighted by atomic mass is 16.5. The third-order valence-electron chi connectivity index (χ3n) is 4.63. The molecule has 0 aromatic heterocycles. The van der Waals surface area contributed by atoms with Crippen LogP contribution in [-0.4, -0.2) is 25.5 Å². The average molecular weight is 352 g/mol. The SMILES string of the molecule is COc1ccccc1CCC(=O)NCc1ccc(N2CCCC2=O)cc1. The molecule has 0 aliphatic carbocycles. The van der Waals surface area contributed by atoms with Crippen LogP contribution in [0.15, 0.2) is 48.5 Å². The molecular weight excluding hydrogens is 328 g/mol. The summed E-state index contributed by atoms with van der Waals surface area (Å²) < 4.78 is 5.31. The molecule has 1 aliphatic heterocycles. The minimum Gasteiger partial charge on any atom is -0.496 e. The van der Waals surface area contributed by atoms with Crippen molar-refractivity contribution in [3.05, 3.63) is 59.7 Å². The number of hydrogen-bond acceptors (Lipinski definition) is 3. The van der Waals surface area contributed by atoms with Gasteiger partial charge in [0, 0.05) is 31.6 Å². The zero-order valence-corrected chi connectivity index (χ0v) is 15.0. The Balaban J connectivity index is 1.47. The summed E-state index contributed by atoms with van der Waals surface area (Å²) in [6.07, 6.45) is 2.61. The molecule has 1 N–H and O–H groups in total. The lowest BCUT2D eigenvalue weighted by Crippen LogP contribution is -2.24. The first-order valence-electron chi connectivity index (χ1n) is 8.95. The lowest BCUT2D eigenvalue weighted by molar-refractivity contribution is -0.121. The van der Waals surface area contributed by atoms with Crippen molar-refractivity contribution in [2.75, 3.05) is 18.6 Å². The van der Waals surface area contributed by atoms with Gasteiger partial charge in [0.05, 0.1) is 7.11 Å². The van der Waals surface area contributed by atoms with Crippen molar-refractivity contribution in [1.29, 1.82) is 0 Å². The van der Waals surface area contributed by atoms with Gasteiger partial charge in [0.2, 0.25) is 11.8 Å². The minimum absolute atomic E-state index is 0.00898. The van der Waals surface area contributed by atoms with Crippen molar-refractivity contribution in [3.8, 4) is 5.75 Å². The summed E-state index contributed by atoms with van der Waals surface area (Å²) in [6.45, 7) is 1.27. The number of para-hydroxylation sites is 1. The van der Waals surface area contributed by atoms with Gasteiger partial charge in [-0.05, 0) is 42.2 Å². The monoisotopic (exact) mass is 352 g/mol. The molecule has 0 bridgehead atoms. The standard InChI is InChI=1S/C21H24N2O3/c1-26-19-6-3-2-5-17(19)10-13-20(24)22-15-16-8-11-18(12-9-16)23-14-4-7-21(23)25/h2-3,5-6,8-9,11-12H,4,7,10,13-15H2,1H3,(H,22,24). The van der Waals surface area contributed by atoms with E-state index in [2.05, 4.69) is 5.32 Å². The zero-order chi connectivity index (χ0) is 18.4. The molecule has 1 saturated heterocycles. The van der Waals surface area contributed by atoms with Gasteiger partial charge in [-0.1, -0.05) is 30.3 Å². The number of nitrogens with zero attached hydrogens (tertiary/aromatic N) is 1. The van der Waals surface area contributed by atoms with Crippen LogP contribution in [0.4, 0.5) is 5.69 Å². The van der Waals surface area contributed by atoms with Crippen molar-refractivity contribution >= 4 is 17.5 Å². The molecule has 3 rings (SSSR count). The maximum Gasteiger partial charge on any atom is 0.227 e. The number of carbonyl (C=O) groups is 2. The van der Waals surface area contributed by atoms with Crippen LogP contribution < -0.4 is 15.0 Å². The summed E-state index contributed by atoms with van der Waals surface area (Å²) >= 11 is 0. The highest BCUT2D eigenvalue weighted by Crippen LogP contribution is 2.22. The second kappa shape index (κ2) is 8.52. The van der Waals surface area contributed by atoms with Crippen molar-refractivity contribution in [1.82, 2.24) is 5.32 Å². The van der Waals surface area contributed by atoms with Gasteiger partial charge in [-0.25, -0.2) is 0 Å². The third kappa shape index (κ3) is 4.42. The Kier molecular flexibility index (Phi) is 5.89. The molecule has 5 heteroatoms. The number of aryl methyl sites for hydroxylation is 1. The molecule has 2 amide bonds. The molecule has 0 atom stereocenters. The first-order chi connectivity index (χ1) is 12.7. The van der Waals surface area contributed by atoms with Gasteiger partial charge < -0.3 is 15.0 Å². The molecule has 2 aromatic rings. The minimum atomic E-state index is 0.00898. The molecule has 0 spiro atoms. The molecule has 1 fully saturated rings. The van der Waals surface area contributed by atoms with Gasteiger partial charge >= 0.3 is 0 Å². The highest BCUT2D eigenvalue weighted by Gasteiger charge is 2.21. The Morgan fingerprint density at radius 3 is 2.62 bits per heavy atom. The van der Waals surface area contributed by atoms with Crippen molar-refractivity contribution in [2.45, 2.75) is 32.2 Å². The van der Waals surface area contributed by atoms with Crippen molar-refractivity contribution in [3.63, 3.8) is 0 Å². The number of carbonyl (C=O) groups excluding carboxylic acids is 2. The summed E-state index contributed by atoms with van der Waals surface area (Å²) in [5.41, 5.74) is 2.98. The number of rotatable bonds is 7. The third-order valence-corrected chi connectivity index (χ3v) is 4.63. The van der Waals surface area contributed by atoms with E-state index >= 15 is 0 Å². The molecule has 136 valence electrons. The first kappa shape index (κ1) is 18.0. The highest BCUT2D eigenvalue weighted by molar-refractivity contribution is 5.95. The lowest BCUT2D eigenvalue weighted by atomic mass is 10.1. The molecule has 5 nitrogen and oxygen atoms in total. The van der Waals surface area contributed by atoms with E-state index in [4.69, 9.17) is 4.74 Å². The number of methoxy groups -OCH3 is 1. The smallest absolute Gasteiger partial charge is 0.227 e. The number of anilines is 1. The van der Waals surface area contributed by atoms with E-state index in [1.54, 1.807) is 7.11 Å². The van der Waals surface area contributed by atoms with Crippen LogP contribution in [0.25, 0.3) is 0 Å². The van der Waals surface area contributed by atoms with Crippen LogP contribution in [-0.2, 0) is 22.6 Å². The van der Waals surface area contributed by atoms with E-state index in [0.29, 0.717) is 25.8 Å². The largest absolute Gasteiger partial charge is 0.496 e. The van der Waals surface area contributed by atoms with E-state index in [0.717, 1.165) is 35.5 Å². The summed E-state index contributed by atoms with van der Waals surface area (Å²) in [4.78, 5) is 25.7. The van der Waals surface area contributed by atoms with Gasteiger partial charge in [0.25, 0.3) is 0 Å². The molecule has 1 heterocycles. The summed E-state index contributed by atoms with van der Waals surface area (Å²) in [5.74, 6) is 1.00. The predicted molar refractivity (Wildman–Crippen MR) is 101 cm³/mol. The fourth-order valence-corrected chi connectivity index (χ4v) is 3.16. The maximum absolute atomic E-state index is 12.1. The number of benzene rings is 2. The fraction of sp³-hybridized carbons (Fsp3) is 0.333. The quantitative estimate of drug-likeness (QED) is 0.833. The molecular formula is C21H24N2O3. The molecule has 26 heavy (non-hydrogen) atoms. The van der Waals surface area contributed by atoms with E-state index in [-0.39, 0.29) is 11.8 Å². The second-order valence-electron chi connectivity index (χ2n) is 6.40. The van der Waals surface area contributed by atoms with Crippen LogP contribution in [0.5, 0.6) is 5.75 Å². The van der Waals surface area contributed by atoms with E-state index in [9.17, 15) is 9.59 Å². The van der Waals surface area contributed by atoms with Gasteiger partial charge in [-0.15, -0.1) is 0 Å². The van der Waals surface area contributed by atoms with Gasteiger partial charge in [-0.2, -0.15) is 0 Å². The normalized spacial score (nSPS) is 13.7. The van der Waals surface area contributed by atoms with E-state index in [1.165, 1.54) is 0 Å². The summed E-state index contributed by atoms with van der Waals surface area (Å²) in [7, 11) is 1.64. The van der Waals surface area contributed by atoms with Crippen LogP contribution >= 0.6 is 0 Å². The fourth-order valence-electron chi connectivity index (χ4n) is 3.16. The molecule has 0 saturated carbocycles. The number of ether oxygens (including phenoxy) is 1. The number of amides is 2. The summed E-state index contributed by atoms with van der Waals surface area (Å²) in [6, 6.07) is 15.6. The van der Waals surface area contributed by atoms with Crippen molar-refractivity contribution in [2.24, 2.45) is 0 Å². The zero-order valence-electron chi connectivity index (χ0n) is 15.0. The maximum atomic E-state index is 12.1. The Morgan fingerprint density at radius 2 is 1.92 bits per heavy atom. The van der Waals surface area contributed by atoms with Crippen LogP contribution in [0, 0.1) is 0 Å². The molecule has 1 aliphatic rings. The Bertz CT molecular complexity index is 771. The molecule has 2 aromatic carbocycles. The predicted octanol–water partition coefficient (Wildman–Crippen LogP) is 3.07. The van der Waals surface area contributed by atoms with Gasteiger partial charge in [0.15, 0.2) is 0 Å².